The Morgan fingerprint density at radius 3 is 2.81 bits per heavy atom. The topological polar surface area (TPSA) is 63.0 Å². The second kappa shape index (κ2) is 7.00. The van der Waals surface area contributed by atoms with E-state index in [1.807, 2.05) is 27.6 Å². The quantitative estimate of drug-likeness (QED) is 0.553. The predicted octanol–water partition coefficient (Wildman–Crippen LogP) is 3.69. The van der Waals surface area contributed by atoms with E-state index in [0.717, 1.165) is 34.2 Å². The fraction of sp³-hybridized carbons (Fsp3) is 0.409. The highest BCUT2D eigenvalue weighted by Crippen LogP contribution is 2.47. The van der Waals surface area contributed by atoms with Crippen LogP contribution >= 0.6 is 15.9 Å². The molecule has 3 aliphatic heterocycles. The van der Waals surface area contributed by atoms with E-state index >= 15 is 0 Å². The molecule has 3 aliphatic rings. The van der Waals surface area contributed by atoms with Gasteiger partial charge in [-0.3, -0.25) is 9.78 Å². The van der Waals surface area contributed by atoms with Gasteiger partial charge in [-0.2, -0.15) is 5.10 Å². The fourth-order valence-electron chi connectivity index (χ4n) is 5.29. The Labute approximate surface area is 186 Å². The van der Waals surface area contributed by atoms with E-state index < -0.39 is 5.60 Å². The van der Waals surface area contributed by atoms with Crippen LogP contribution in [0.2, 0.25) is 0 Å². The molecule has 2 atom stereocenters. The molecule has 1 spiro atoms. The number of carbonyl (C=O) groups excluding carboxylic acids is 1. The molecule has 31 heavy (non-hydrogen) atoms. The van der Waals surface area contributed by atoms with Crippen molar-refractivity contribution in [1.29, 1.82) is 0 Å². The number of halogens is 2. The maximum Gasteiger partial charge on any atom is 0.257 e. The molecular weight excluding hydrogens is 465 g/mol. The number of pyridine rings is 2. The standard InChI is InChI=1S/C22H21BrFN5O2/c23-16-1-3-19(29-18(16)5-8-26-29)27-9-6-22(7-10-27)21(30)28-17(2-4-20(28)31-22)14-11-15(24)13-25-12-14/h1,3,5,8,11-13,17,20H,2,4,6-7,9-10H2/t17-,20+/m0/s1. The molecule has 7 nitrogen and oxygen atoms in total. The highest BCUT2D eigenvalue weighted by atomic mass is 79.9. The highest BCUT2D eigenvalue weighted by Gasteiger charge is 2.58. The zero-order valence-corrected chi connectivity index (χ0v) is 18.3. The minimum absolute atomic E-state index is 0.0314. The molecule has 0 unspecified atom stereocenters. The van der Waals surface area contributed by atoms with Gasteiger partial charge in [0.1, 0.15) is 17.9 Å². The van der Waals surface area contributed by atoms with E-state index in [2.05, 4.69) is 30.9 Å². The third kappa shape index (κ3) is 2.90. The number of fused-ring (bicyclic) bond motifs is 2. The first-order valence-corrected chi connectivity index (χ1v) is 11.3. The molecule has 0 aliphatic carbocycles. The summed E-state index contributed by atoms with van der Waals surface area (Å²) in [5.41, 5.74) is 0.960. The van der Waals surface area contributed by atoms with E-state index in [-0.39, 0.29) is 24.0 Å². The monoisotopic (exact) mass is 485 g/mol. The minimum Gasteiger partial charge on any atom is -0.356 e. The third-order valence-corrected chi connectivity index (χ3v) is 7.48. The number of hydrogen-bond donors (Lipinski definition) is 0. The summed E-state index contributed by atoms with van der Waals surface area (Å²) in [6.07, 6.45) is 7.15. The average molecular weight is 486 g/mol. The van der Waals surface area contributed by atoms with Crippen molar-refractivity contribution in [2.45, 2.75) is 43.6 Å². The van der Waals surface area contributed by atoms with E-state index in [0.29, 0.717) is 25.9 Å². The van der Waals surface area contributed by atoms with E-state index in [1.165, 1.54) is 12.3 Å². The summed E-state index contributed by atoms with van der Waals surface area (Å²) in [6.45, 7) is 1.41. The summed E-state index contributed by atoms with van der Waals surface area (Å²) in [6, 6.07) is 7.35. The zero-order chi connectivity index (χ0) is 21.2. The number of hydrogen-bond acceptors (Lipinski definition) is 5. The molecule has 3 saturated heterocycles. The maximum atomic E-state index is 13.7. The van der Waals surface area contributed by atoms with Crippen LogP contribution in [-0.2, 0) is 9.53 Å². The van der Waals surface area contributed by atoms with Gasteiger partial charge < -0.3 is 14.5 Å². The first-order chi connectivity index (χ1) is 15.1. The Bertz CT molecular complexity index is 1180. The van der Waals surface area contributed by atoms with Crippen molar-refractivity contribution in [3.63, 3.8) is 0 Å². The van der Waals surface area contributed by atoms with E-state index in [9.17, 15) is 9.18 Å². The van der Waals surface area contributed by atoms with Gasteiger partial charge in [-0.05, 0) is 58.6 Å². The summed E-state index contributed by atoms with van der Waals surface area (Å²) in [5, 5.41) is 4.46. The number of anilines is 1. The Balaban J connectivity index is 1.23. The Morgan fingerprint density at radius 2 is 2.00 bits per heavy atom. The summed E-state index contributed by atoms with van der Waals surface area (Å²) in [5.74, 6) is 0.660. The lowest BCUT2D eigenvalue weighted by Crippen LogP contribution is -2.50. The molecule has 6 rings (SSSR count). The van der Waals surface area contributed by atoms with E-state index in [4.69, 9.17) is 4.74 Å². The lowest BCUT2D eigenvalue weighted by molar-refractivity contribution is -0.140. The Morgan fingerprint density at radius 1 is 1.16 bits per heavy atom. The molecule has 6 heterocycles. The molecule has 1 amide bonds. The molecule has 0 radical (unpaired) electrons. The molecule has 9 heteroatoms. The summed E-state index contributed by atoms with van der Waals surface area (Å²) < 4.78 is 23.0. The second-order valence-electron chi connectivity index (χ2n) is 8.46. The molecule has 0 bridgehead atoms. The summed E-state index contributed by atoms with van der Waals surface area (Å²) >= 11 is 3.57. The fourth-order valence-corrected chi connectivity index (χ4v) is 5.72. The SMILES string of the molecule is O=C1N2[C@@H](CC[C@H]2c2cncc(F)c2)OC12CCN(c1ccc(Br)c3ccnn13)CC2. The smallest absolute Gasteiger partial charge is 0.257 e. The van der Waals surface area contributed by atoms with Crippen molar-refractivity contribution in [2.24, 2.45) is 0 Å². The van der Waals surface area contributed by atoms with Crippen LogP contribution in [0.15, 0.2) is 47.3 Å². The zero-order valence-electron chi connectivity index (χ0n) is 16.7. The largest absolute Gasteiger partial charge is 0.356 e. The average Bonchev–Trinajstić information content (AvgIpc) is 3.47. The van der Waals surface area contributed by atoms with E-state index in [1.54, 1.807) is 12.4 Å². The van der Waals surface area contributed by atoms with Gasteiger partial charge in [0.25, 0.3) is 5.91 Å². The molecule has 3 aromatic rings. The van der Waals surface area contributed by atoms with Crippen molar-refractivity contribution in [1.82, 2.24) is 19.5 Å². The second-order valence-corrected chi connectivity index (χ2v) is 9.32. The summed E-state index contributed by atoms with van der Waals surface area (Å²) in [4.78, 5) is 21.6. The first kappa shape index (κ1) is 19.2. The van der Waals surface area contributed by atoms with Crippen molar-refractivity contribution in [3.05, 3.63) is 58.7 Å². The maximum absolute atomic E-state index is 13.7. The van der Waals surface area contributed by atoms with Gasteiger partial charge in [0, 0.05) is 36.6 Å². The van der Waals surface area contributed by atoms with Crippen LogP contribution in [0.3, 0.4) is 0 Å². The number of aromatic nitrogens is 3. The van der Waals surface area contributed by atoms with Gasteiger partial charge in [0.2, 0.25) is 0 Å². The predicted molar refractivity (Wildman–Crippen MR) is 115 cm³/mol. The lowest BCUT2D eigenvalue weighted by Gasteiger charge is -2.38. The van der Waals surface area contributed by atoms with Crippen molar-refractivity contribution in [2.75, 3.05) is 18.0 Å². The number of ether oxygens (including phenoxy) is 1. The summed E-state index contributed by atoms with van der Waals surface area (Å²) in [7, 11) is 0. The minimum atomic E-state index is -0.792. The number of piperidine rings is 1. The van der Waals surface area contributed by atoms with Crippen molar-refractivity contribution in [3.8, 4) is 0 Å². The third-order valence-electron chi connectivity index (χ3n) is 6.81. The molecule has 0 aromatic carbocycles. The molecular formula is C22H21BrFN5O2. The van der Waals surface area contributed by atoms with Gasteiger partial charge in [-0.15, -0.1) is 0 Å². The number of nitrogens with zero attached hydrogens (tertiary/aromatic N) is 5. The molecule has 3 fully saturated rings. The number of rotatable bonds is 2. The van der Waals surface area contributed by atoms with Crippen LogP contribution in [0, 0.1) is 5.82 Å². The van der Waals surface area contributed by atoms with Gasteiger partial charge in [-0.25, -0.2) is 8.91 Å². The van der Waals surface area contributed by atoms with Crippen LogP contribution in [0.25, 0.3) is 5.52 Å². The van der Waals surface area contributed by atoms with Crippen LogP contribution in [0.4, 0.5) is 10.2 Å². The van der Waals surface area contributed by atoms with Crippen molar-refractivity contribution >= 4 is 33.2 Å². The van der Waals surface area contributed by atoms with Gasteiger partial charge in [0.05, 0.1) is 24.0 Å². The Hall–Kier alpha value is -2.52. The van der Waals surface area contributed by atoms with Gasteiger partial charge >= 0.3 is 0 Å². The molecule has 0 saturated carbocycles. The molecule has 3 aromatic heterocycles. The van der Waals surface area contributed by atoms with Crippen LogP contribution in [0.5, 0.6) is 0 Å². The van der Waals surface area contributed by atoms with Crippen LogP contribution < -0.4 is 4.90 Å². The highest BCUT2D eigenvalue weighted by molar-refractivity contribution is 9.10. The number of carbonyl (C=O) groups is 1. The van der Waals surface area contributed by atoms with Crippen molar-refractivity contribution < 1.29 is 13.9 Å². The van der Waals surface area contributed by atoms with Crippen LogP contribution in [-0.4, -0.2) is 50.3 Å². The Kier molecular flexibility index (Phi) is 4.33. The first-order valence-electron chi connectivity index (χ1n) is 10.5. The molecule has 160 valence electrons. The normalized spacial score (nSPS) is 25.0. The van der Waals surface area contributed by atoms with Crippen LogP contribution in [0.1, 0.15) is 37.3 Å². The lowest BCUT2D eigenvalue weighted by atomic mass is 9.89. The van der Waals surface area contributed by atoms with Gasteiger partial charge in [0.15, 0.2) is 5.60 Å². The number of amides is 1. The van der Waals surface area contributed by atoms with Gasteiger partial charge in [-0.1, -0.05) is 0 Å². The molecule has 0 N–H and O–H groups in total.